The molecule has 1 saturated heterocycles. The zero-order chi connectivity index (χ0) is 24.2. The third-order valence-corrected chi connectivity index (χ3v) is 6.08. The van der Waals surface area contributed by atoms with Crippen LogP contribution in [-0.2, 0) is 0 Å². The van der Waals surface area contributed by atoms with E-state index in [1.165, 1.54) is 6.07 Å². The van der Waals surface area contributed by atoms with Crippen molar-refractivity contribution < 1.29 is 19.7 Å². The molecule has 34 heavy (non-hydrogen) atoms. The second-order valence-electron chi connectivity index (χ2n) is 9.00. The lowest BCUT2D eigenvalue weighted by molar-refractivity contribution is 0.0969. The van der Waals surface area contributed by atoms with Gasteiger partial charge >= 0.3 is 0 Å². The number of aromatic nitrogens is 3. The van der Waals surface area contributed by atoms with Gasteiger partial charge in [0.25, 0.3) is 0 Å². The number of hydrogen-bond acceptors (Lipinski definition) is 7. The molecular formula is C26H32N4O4. The molecule has 0 bridgehead atoms. The van der Waals surface area contributed by atoms with Gasteiger partial charge in [-0.05, 0) is 74.2 Å². The lowest BCUT2D eigenvalue weighted by Crippen LogP contribution is -2.34. The van der Waals surface area contributed by atoms with Gasteiger partial charge in [-0.3, -0.25) is 9.36 Å². The summed E-state index contributed by atoms with van der Waals surface area (Å²) >= 11 is 0. The number of rotatable bonds is 8. The van der Waals surface area contributed by atoms with Gasteiger partial charge in [-0.15, -0.1) is 10.2 Å². The zero-order valence-corrected chi connectivity index (χ0v) is 19.9. The summed E-state index contributed by atoms with van der Waals surface area (Å²) in [6, 6.07) is 10.5. The fourth-order valence-electron chi connectivity index (χ4n) is 4.24. The standard InChI is InChI=1S/C26H32N4O4/c1-4-5-22(31)26-29-28-25(21-14-20(16(2)3)23(32)15-24(21)33)30(26)17-6-8-18(9-7-17)34-19-10-12-27-13-11-19/h6-9,14-16,19,27,32-33H,4-5,10-13H2,1-3H3. The number of carbonyl (C=O) groups excluding carboxylic acids is 1. The third-order valence-electron chi connectivity index (χ3n) is 6.08. The molecule has 0 spiro atoms. The van der Waals surface area contributed by atoms with E-state index >= 15 is 0 Å². The van der Waals surface area contributed by atoms with Crippen molar-refractivity contribution in [1.29, 1.82) is 0 Å². The van der Waals surface area contributed by atoms with E-state index in [-0.39, 0.29) is 35.1 Å². The number of nitrogens with one attached hydrogen (secondary N) is 1. The summed E-state index contributed by atoms with van der Waals surface area (Å²) in [7, 11) is 0. The van der Waals surface area contributed by atoms with Crippen LogP contribution in [0, 0.1) is 0 Å². The number of phenols is 2. The molecule has 1 aromatic heterocycles. The third kappa shape index (κ3) is 4.92. The molecule has 0 atom stereocenters. The number of benzene rings is 2. The molecule has 2 heterocycles. The number of Topliss-reactive ketones (excluding diaryl/α,β-unsaturated/α-hetero) is 1. The molecule has 1 aliphatic rings. The quantitative estimate of drug-likeness (QED) is 0.419. The van der Waals surface area contributed by atoms with Crippen LogP contribution in [0.5, 0.6) is 17.2 Å². The first-order valence-corrected chi connectivity index (χ1v) is 11.9. The Balaban J connectivity index is 1.76. The largest absolute Gasteiger partial charge is 0.508 e. The minimum atomic E-state index is -0.129. The zero-order valence-electron chi connectivity index (χ0n) is 19.9. The Kier molecular flexibility index (Phi) is 7.17. The highest BCUT2D eigenvalue weighted by Gasteiger charge is 2.24. The number of aromatic hydroxyl groups is 2. The molecule has 180 valence electrons. The van der Waals surface area contributed by atoms with E-state index in [9.17, 15) is 15.0 Å². The summed E-state index contributed by atoms with van der Waals surface area (Å²) in [4.78, 5) is 12.9. The van der Waals surface area contributed by atoms with Gasteiger partial charge in [-0.25, -0.2) is 0 Å². The van der Waals surface area contributed by atoms with E-state index in [4.69, 9.17) is 4.74 Å². The number of ether oxygens (including phenoxy) is 1. The van der Waals surface area contributed by atoms with Gasteiger partial charge in [0.05, 0.1) is 5.56 Å². The molecule has 8 nitrogen and oxygen atoms in total. The normalized spacial score (nSPS) is 14.5. The lowest BCUT2D eigenvalue weighted by atomic mass is 9.98. The highest BCUT2D eigenvalue weighted by Crippen LogP contribution is 2.38. The average molecular weight is 465 g/mol. The first-order chi connectivity index (χ1) is 16.4. The maximum Gasteiger partial charge on any atom is 0.205 e. The van der Waals surface area contributed by atoms with Gasteiger partial charge < -0.3 is 20.3 Å². The second kappa shape index (κ2) is 10.3. The van der Waals surface area contributed by atoms with Gasteiger partial charge in [0.2, 0.25) is 11.6 Å². The Hall–Kier alpha value is -3.39. The van der Waals surface area contributed by atoms with Crippen LogP contribution in [0.4, 0.5) is 0 Å². The molecule has 0 unspecified atom stereocenters. The van der Waals surface area contributed by atoms with E-state index in [1.54, 1.807) is 10.6 Å². The van der Waals surface area contributed by atoms with Crippen molar-refractivity contribution in [2.24, 2.45) is 0 Å². The van der Waals surface area contributed by atoms with Gasteiger partial charge in [-0.1, -0.05) is 20.8 Å². The summed E-state index contributed by atoms with van der Waals surface area (Å²) in [5, 5.41) is 32.7. The molecule has 8 heteroatoms. The van der Waals surface area contributed by atoms with Crippen LogP contribution in [0.3, 0.4) is 0 Å². The summed E-state index contributed by atoms with van der Waals surface area (Å²) < 4.78 is 7.79. The molecule has 1 fully saturated rings. The Morgan fingerprint density at radius 1 is 1.12 bits per heavy atom. The van der Waals surface area contributed by atoms with Crippen LogP contribution in [0.15, 0.2) is 36.4 Å². The number of hydrogen-bond donors (Lipinski definition) is 3. The van der Waals surface area contributed by atoms with Crippen molar-refractivity contribution in [2.45, 2.75) is 58.5 Å². The van der Waals surface area contributed by atoms with Crippen molar-refractivity contribution in [3.8, 4) is 34.3 Å². The summed E-state index contributed by atoms with van der Waals surface area (Å²) in [5.41, 5.74) is 1.77. The molecule has 3 aromatic rings. The summed E-state index contributed by atoms with van der Waals surface area (Å²) in [6.45, 7) is 7.75. The Morgan fingerprint density at radius 3 is 2.47 bits per heavy atom. The van der Waals surface area contributed by atoms with E-state index in [1.807, 2.05) is 45.0 Å². The average Bonchev–Trinajstić information content (AvgIpc) is 3.25. The maximum atomic E-state index is 12.9. The van der Waals surface area contributed by atoms with Crippen LogP contribution >= 0.6 is 0 Å². The van der Waals surface area contributed by atoms with Crippen molar-refractivity contribution in [2.75, 3.05) is 13.1 Å². The Labute approximate surface area is 199 Å². The minimum absolute atomic E-state index is 0.0176. The molecule has 0 saturated carbocycles. The maximum absolute atomic E-state index is 12.9. The molecule has 0 amide bonds. The van der Waals surface area contributed by atoms with Crippen LogP contribution in [-0.4, -0.2) is 50.0 Å². The molecule has 0 radical (unpaired) electrons. The first kappa shape index (κ1) is 23.8. The van der Waals surface area contributed by atoms with E-state index in [0.717, 1.165) is 31.7 Å². The van der Waals surface area contributed by atoms with Crippen molar-refractivity contribution in [3.63, 3.8) is 0 Å². The Bertz CT molecular complexity index is 1150. The number of piperidine rings is 1. The molecule has 0 aliphatic carbocycles. The van der Waals surface area contributed by atoms with Gasteiger partial charge in [0.1, 0.15) is 23.4 Å². The van der Waals surface area contributed by atoms with Crippen LogP contribution in [0.2, 0.25) is 0 Å². The summed E-state index contributed by atoms with van der Waals surface area (Å²) in [5.74, 6) is 1.11. The smallest absolute Gasteiger partial charge is 0.205 e. The molecular weight excluding hydrogens is 432 g/mol. The molecule has 2 aromatic carbocycles. The second-order valence-corrected chi connectivity index (χ2v) is 9.00. The molecule has 4 rings (SSSR count). The molecule has 3 N–H and O–H groups in total. The predicted molar refractivity (Wildman–Crippen MR) is 130 cm³/mol. The fourth-order valence-corrected chi connectivity index (χ4v) is 4.24. The van der Waals surface area contributed by atoms with Gasteiger partial charge in [0, 0.05) is 18.2 Å². The van der Waals surface area contributed by atoms with E-state index < -0.39 is 0 Å². The van der Waals surface area contributed by atoms with Crippen LogP contribution < -0.4 is 10.1 Å². The number of phenolic OH excluding ortho intramolecular Hbond substituents is 2. The lowest BCUT2D eigenvalue weighted by Gasteiger charge is -2.24. The minimum Gasteiger partial charge on any atom is -0.508 e. The highest BCUT2D eigenvalue weighted by molar-refractivity contribution is 5.94. The highest BCUT2D eigenvalue weighted by atomic mass is 16.5. The monoisotopic (exact) mass is 464 g/mol. The number of ketones is 1. The summed E-state index contributed by atoms with van der Waals surface area (Å²) in [6.07, 6.45) is 3.14. The van der Waals surface area contributed by atoms with Crippen molar-refractivity contribution >= 4 is 5.78 Å². The van der Waals surface area contributed by atoms with E-state index in [0.29, 0.717) is 35.5 Å². The van der Waals surface area contributed by atoms with Crippen LogP contribution in [0.1, 0.15) is 68.6 Å². The van der Waals surface area contributed by atoms with Crippen LogP contribution in [0.25, 0.3) is 17.1 Å². The predicted octanol–water partition coefficient (Wildman–Crippen LogP) is 4.58. The van der Waals surface area contributed by atoms with Crippen molar-refractivity contribution in [1.82, 2.24) is 20.1 Å². The topological polar surface area (TPSA) is 110 Å². The number of nitrogens with zero attached hydrogens (tertiary/aromatic N) is 3. The van der Waals surface area contributed by atoms with Crippen molar-refractivity contribution in [3.05, 3.63) is 47.8 Å². The fraction of sp³-hybridized carbons (Fsp3) is 0.423. The molecule has 1 aliphatic heterocycles. The SMILES string of the molecule is CCCC(=O)c1nnc(-c2cc(C(C)C)c(O)cc2O)n1-c1ccc(OC2CCNCC2)cc1. The van der Waals surface area contributed by atoms with Gasteiger partial charge in [-0.2, -0.15) is 0 Å². The number of carbonyl (C=O) groups is 1. The van der Waals surface area contributed by atoms with E-state index in [2.05, 4.69) is 15.5 Å². The first-order valence-electron chi connectivity index (χ1n) is 11.9. The Morgan fingerprint density at radius 2 is 1.82 bits per heavy atom. The van der Waals surface area contributed by atoms with Gasteiger partial charge in [0.15, 0.2) is 5.82 Å².